The van der Waals surface area contributed by atoms with Crippen LogP contribution in [0.5, 0.6) is 0 Å². The Labute approximate surface area is 114 Å². The van der Waals surface area contributed by atoms with Crippen LogP contribution in [0, 0.1) is 13.8 Å². The minimum Gasteiger partial charge on any atom is -0.366 e. The molecule has 4 heteroatoms. The SMILES string of the molecule is Cc1cc(C)cc(C(C)NC(=O)C2CNCCO2)c1. The first-order valence-electron chi connectivity index (χ1n) is 6.77. The number of morpholine rings is 1. The lowest BCUT2D eigenvalue weighted by Gasteiger charge is -2.25. The second kappa shape index (κ2) is 6.17. The Hall–Kier alpha value is -1.39. The molecule has 0 bridgehead atoms. The zero-order valence-corrected chi connectivity index (χ0v) is 11.8. The van der Waals surface area contributed by atoms with Crippen LogP contribution in [0.2, 0.25) is 0 Å². The molecule has 19 heavy (non-hydrogen) atoms. The Morgan fingerprint density at radius 1 is 1.37 bits per heavy atom. The molecule has 1 aliphatic rings. The van der Waals surface area contributed by atoms with Gasteiger partial charge in [0, 0.05) is 13.1 Å². The maximum Gasteiger partial charge on any atom is 0.250 e. The van der Waals surface area contributed by atoms with E-state index in [1.165, 1.54) is 11.1 Å². The van der Waals surface area contributed by atoms with Crippen LogP contribution >= 0.6 is 0 Å². The summed E-state index contributed by atoms with van der Waals surface area (Å²) in [4.78, 5) is 12.1. The lowest BCUT2D eigenvalue weighted by molar-refractivity contribution is -0.134. The van der Waals surface area contributed by atoms with Crippen molar-refractivity contribution in [2.75, 3.05) is 19.7 Å². The lowest BCUT2D eigenvalue weighted by atomic mass is 10.0. The highest BCUT2D eigenvalue weighted by Gasteiger charge is 2.23. The second-order valence-corrected chi connectivity index (χ2v) is 5.21. The smallest absolute Gasteiger partial charge is 0.250 e. The third-order valence-electron chi connectivity index (χ3n) is 3.32. The molecule has 104 valence electrons. The van der Waals surface area contributed by atoms with Crippen molar-refractivity contribution in [1.82, 2.24) is 10.6 Å². The number of nitrogens with one attached hydrogen (secondary N) is 2. The van der Waals surface area contributed by atoms with Crippen molar-refractivity contribution in [3.05, 3.63) is 34.9 Å². The highest BCUT2D eigenvalue weighted by Crippen LogP contribution is 2.16. The van der Waals surface area contributed by atoms with Gasteiger partial charge in [-0.15, -0.1) is 0 Å². The number of ether oxygens (including phenoxy) is 1. The van der Waals surface area contributed by atoms with Crippen molar-refractivity contribution in [3.8, 4) is 0 Å². The molecule has 1 aliphatic heterocycles. The van der Waals surface area contributed by atoms with Crippen molar-refractivity contribution < 1.29 is 9.53 Å². The molecule has 2 rings (SSSR count). The van der Waals surface area contributed by atoms with Crippen molar-refractivity contribution in [3.63, 3.8) is 0 Å². The number of hydrogen-bond donors (Lipinski definition) is 2. The molecule has 0 spiro atoms. The van der Waals surface area contributed by atoms with Crippen molar-refractivity contribution in [2.24, 2.45) is 0 Å². The van der Waals surface area contributed by atoms with Crippen LogP contribution in [0.15, 0.2) is 18.2 Å². The van der Waals surface area contributed by atoms with Crippen LogP contribution < -0.4 is 10.6 Å². The van der Waals surface area contributed by atoms with Gasteiger partial charge in [-0.3, -0.25) is 4.79 Å². The summed E-state index contributed by atoms with van der Waals surface area (Å²) in [5.41, 5.74) is 3.56. The molecule has 1 fully saturated rings. The highest BCUT2D eigenvalue weighted by molar-refractivity contribution is 5.81. The number of carbonyl (C=O) groups is 1. The monoisotopic (exact) mass is 262 g/mol. The van der Waals surface area contributed by atoms with Gasteiger partial charge in [0.25, 0.3) is 5.91 Å². The topological polar surface area (TPSA) is 50.4 Å². The zero-order valence-electron chi connectivity index (χ0n) is 11.8. The summed E-state index contributed by atoms with van der Waals surface area (Å²) >= 11 is 0. The molecule has 1 aromatic carbocycles. The Balaban J connectivity index is 1.99. The minimum atomic E-state index is -0.373. The van der Waals surface area contributed by atoms with Gasteiger partial charge in [-0.25, -0.2) is 0 Å². The molecule has 1 heterocycles. The number of aryl methyl sites for hydroxylation is 2. The standard InChI is InChI=1S/C15H22N2O2/c1-10-6-11(2)8-13(7-10)12(3)17-15(18)14-9-16-4-5-19-14/h6-8,12,14,16H,4-5,9H2,1-3H3,(H,17,18). The Morgan fingerprint density at radius 2 is 2.05 bits per heavy atom. The summed E-state index contributed by atoms with van der Waals surface area (Å²) in [6.45, 7) is 8.14. The summed E-state index contributed by atoms with van der Waals surface area (Å²) < 4.78 is 5.45. The first kappa shape index (κ1) is 14.0. The number of benzene rings is 1. The van der Waals surface area contributed by atoms with Gasteiger partial charge >= 0.3 is 0 Å². The molecule has 2 N–H and O–H groups in total. The van der Waals surface area contributed by atoms with E-state index in [0.717, 1.165) is 12.1 Å². The van der Waals surface area contributed by atoms with Crippen LogP contribution in [0.1, 0.15) is 29.7 Å². The zero-order chi connectivity index (χ0) is 13.8. The number of carbonyl (C=O) groups excluding carboxylic acids is 1. The van der Waals surface area contributed by atoms with Crippen molar-refractivity contribution >= 4 is 5.91 Å². The largest absolute Gasteiger partial charge is 0.366 e. The summed E-state index contributed by atoms with van der Waals surface area (Å²) in [6, 6.07) is 6.35. The van der Waals surface area contributed by atoms with E-state index in [9.17, 15) is 4.79 Å². The fourth-order valence-electron chi connectivity index (χ4n) is 2.38. The molecular formula is C15H22N2O2. The van der Waals surface area contributed by atoms with Crippen LogP contribution in [0.4, 0.5) is 0 Å². The Bertz CT molecular complexity index is 433. The third kappa shape index (κ3) is 3.78. The average molecular weight is 262 g/mol. The molecule has 0 saturated carbocycles. The minimum absolute atomic E-state index is 0.00312. The van der Waals surface area contributed by atoms with E-state index in [2.05, 4.69) is 42.7 Å². The van der Waals surface area contributed by atoms with Gasteiger partial charge in [0.2, 0.25) is 0 Å². The first-order chi connectivity index (χ1) is 9.06. The molecule has 2 atom stereocenters. The van der Waals surface area contributed by atoms with Gasteiger partial charge < -0.3 is 15.4 Å². The number of hydrogen-bond acceptors (Lipinski definition) is 3. The molecule has 0 aromatic heterocycles. The van der Waals surface area contributed by atoms with E-state index < -0.39 is 0 Å². The molecule has 1 amide bonds. The molecule has 0 aliphatic carbocycles. The van der Waals surface area contributed by atoms with Crippen molar-refractivity contribution in [1.29, 1.82) is 0 Å². The summed E-state index contributed by atoms with van der Waals surface area (Å²) in [7, 11) is 0. The van der Waals surface area contributed by atoms with E-state index in [1.807, 2.05) is 6.92 Å². The van der Waals surface area contributed by atoms with E-state index >= 15 is 0 Å². The first-order valence-corrected chi connectivity index (χ1v) is 6.77. The average Bonchev–Trinajstić information content (AvgIpc) is 2.38. The van der Waals surface area contributed by atoms with E-state index in [4.69, 9.17) is 4.74 Å². The van der Waals surface area contributed by atoms with E-state index in [0.29, 0.717) is 13.2 Å². The van der Waals surface area contributed by atoms with Gasteiger partial charge in [0.05, 0.1) is 12.6 Å². The van der Waals surface area contributed by atoms with Crippen LogP contribution in [0.25, 0.3) is 0 Å². The van der Waals surface area contributed by atoms with E-state index in [1.54, 1.807) is 0 Å². The molecular weight excluding hydrogens is 240 g/mol. The van der Waals surface area contributed by atoms with Gasteiger partial charge in [-0.2, -0.15) is 0 Å². The normalized spacial score (nSPS) is 20.9. The third-order valence-corrected chi connectivity index (χ3v) is 3.32. The van der Waals surface area contributed by atoms with E-state index in [-0.39, 0.29) is 18.1 Å². The Kier molecular flexibility index (Phi) is 4.56. The maximum atomic E-state index is 12.1. The second-order valence-electron chi connectivity index (χ2n) is 5.21. The molecule has 1 aromatic rings. The molecule has 1 saturated heterocycles. The van der Waals surface area contributed by atoms with Gasteiger partial charge in [-0.1, -0.05) is 29.3 Å². The fourth-order valence-corrected chi connectivity index (χ4v) is 2.38. The predicted molar refractivity (Wildman–Crippen MR) is 75.1 cm³/mol. The van der Waals surface area contributed by atoms with Gasteiger partial charge in [0.15, 0.2) is 0 Å². The molecule has 2 unspecified atom stereocenters. The van der Waals surface area contributed by atoms with Gasteiger partial charge in [-0.05, 0) is 26.3 Å². The quantitative estimate of drug-likeness (QED) is 0.867. The maximum absolute atomic E-state index is 12.1. The molecule has 0 radical (unpaired) electrons. The summed E-state index contributed by atoms with van der Waals surface area (Å²) in [5.74, 6) is -0.0427. The van der Waals surface area contributed by atoms with Gasteiger partial charge in [0.1, 0.15) is 6.10 Å². The number of amides is 1. The van der Waals surface area contributed by atoms with Crippen LogP contribution in [-0.2, 0) is 9.53 Å². The highest BCUT2D eigenvalue weighted by atomic mass is 16.5. The number of rotatable bonds is 3. The van der Waals surface area contributed by atoms with Crippen molar-refractivity contribution in [2.45, 2.75) is 32.9 Å². The lowest BCUT2D eigenvalue weighted by Crippen LogP contribution is -2.48. The fraction of sp³-hybridized carbons (Fsp3) is 0.533. The predicted octanol–water partition coefficient (Wildman–Crippen LogP) is 1.47. The van der Waals surface area contributed by atoms with Crippen LogP contribution in [-0.4, -0.2) is 31.7 Å². The molecule has 4 nitrogen and oxygen atoms in total. The summed E-state index contributed by atoms with van der Waals surface area (Å²) in [5, 5.41) is 6.18. The Morgan fingerprint density at radius 3 is 2.63 bits per heavy atom. The van der Waals surface area contributed by atoms with Crippen LogP contribution in [0.3, 0.4) is 0 Å². The summed E-state index contributed by atoms with van der Waals surface area (Å²) in [6.07, 6.45) is -0.373.